The molecule has 1 N–H and O–H groups in total. The van der Waals surface area contributed by atoms with Crippen molar-refractivity contribution in [3.63, 3.8) is 0 Å². The fourth-order valence-corrected chi connectivity index (χ4v) is 5.31. The second-order valence-corrected chi connectivity index (χ2v) is 8.91. The first-order valence-corrected chi connectivity index (χ1v) is 10.6. The minimum atomic E-state index is -4.16. The minimum Gasteiger partial charge on any atom is -0.481 e. The number of rotatable bonds is 8. The number of carbonyl (C=O) groups is 1. The zero-order chi connectivity index (χ0) is 20.2. The lowest BCUT2D eigenvalue weighted by Crippen LogP contribution is -2.51. The predicted octanol–water partition coefficient (Wildman–Crippen LogP) is 6.78. The zero-order valence-electron chi connectivity index (χ0n) is 16.5. The van der Waals surface area contributed by atoms with Crippen LogP contribution in [0.2, 0.25) is 0 Å². The predicted molar refractivity (Wildman–Crippen MR) is 97.1 cm³/mol. The van der Waals surface area contributed by atoms with Gasteiger partial charge in [-0.05, 0) is 49.9 Å². The molecule has 1 unspecified atom stereocenters. The van der Waals surface area contributed by atoms with E-state index < -0.39 is 35.6 Å². The lowest BCUT2D eigenvalue weighted by atomic mass is 9.62. The Morgan fingerprint density at radius 2 is 1.63 bits per heavy atom. The molecule has 0 spiro atoms. The first-order valence-electron chi connectivity index (χ1n) is 10.6. The lowest BCUT2D eigenvalue weighted by molar-refractivity contribution is -0.247. The minimum absolute atomic E-state index is 0.0143. The summed E-state index contributed by atoms with van der Waals surface area (Å²) in [6.45, 7) is 2.42. The van der Waals surface area contributed by atoms with E-state index in [1.54, 1.807) is 0 Å². The largest absolute Gasteiger partial charge is 0.481 e. The van der Waals surface area contributed by atoms with Crippen LogP contribution in [0.25, 0.3) is 0 Å². The molecule has 2 fully saturated rings. The standard InChI is InChI=1S/C21H34F4O2/c1-3-4-5-6-14-7-9-15(10-8-14)17-12-11-16(19(26)27)13-18(17)21(24,25)20(2,22)23/h14-18H,3-13H2,1-2H3,(H,26,27)/t14?,15?,16?,17-,18+/m1/s1. The molecule has 0 radical (unpaired) electrons. The highest BCUT2D eigenvalue weighted by atomic mass is 19.3. The van der Waals surface area contributed by atoms with Gasteiger partial charge in [0.15, 0.2) is 0 Å². The molecule has 0 bridgehead atoms. The van der Waals surface area contributed by atoms with Crippen molar-refractivity contribution in [2.24, 2.45) is 29.6 Å². The van der Waals surface area contributed by atoms with Crippen molar-refractivity contribution in [1.29, 1.82) is 0 Å². The van der Waals surface area contributed by atoms with Gasteiger partial charge in [-0.25, -0.2) is 8.78 Å². The van der Waals surface area contributed by atoms with Gasteiger partial charge in [0.05, 0.1) is 5.92 Å². The Hall–Kier alpha value is -0.810. The molecule has 0 aromatic rings. The number of unbranched alkanes of at least 4 members (excludes halogenated alkanes) is 2. The van der Waals surface area contributed by atoms with Crippen molar-refractivity contribution in [2.45, 2.75) is 96.3 Å². The number of halogens is 4. The summed E-state index contributed by atoms with van der Waals surface area (Å²) in [5.74, 6) is -11.8. The van der Waals surface area contributed by atoms with Gasteiger partial charge < -0.3 is 5.11 Å². The second-order valence-electron chi connectivity index (χ2n) is 8.91. The number of hydrogen-bond donors (Lipinski definition) is 1. The molecule has 2 aliphatic carbocycles. The number of aliphatic carboxylic acids is 1. The van der Waals surface area contributed by atoms with Crippen molar-refractivity contribution in [2.75, 3.05) is 0 Å². The summed E-state index contributed by atoms with van der Waals surface area (Å²) in [6.07, 6.45) is 8.61. The maximum atomic E-state index is 14.6. The third-order valence-electron chi connectivity index (χ3n) is 7.02. The van der Waals surface area contributed by atoms with Gasteiger partial charge in [0.25, 0.3) is 0 Å². The van der Waals surface area contributed by atoms with Crippen LogP contribution in [0.5, 0.6) is 0 Å². The molecule has 0 aromatic heterocycles. The van der Waals surface area contributed by atoms with E-state index in [0.717, 1.165) is 25.7 Å². The van der Waals surface area contributed by atoms with Crippen LogP contribution in [-0.2, 0) is 4.79 Å². The summed E-state index contributed by atoms with van der Waals surface area (Å²) in [7, 11) is 0. The van der Waals surface area contributed by atoms with Gasteiger partial charge in [-0.2, -0.15) is 8.78 Å². The highest BCUT2D eigenvalue weighted by Crippen LogP contribution is 2.53. The van der Waals surface area contributed by atoms with E-state index in [2.05, 4.69) is 6.92 Å². The van der Waals surface area contributed by atoms with Gasteiger partial charge in [0, 0.05) is 12.8 Å². The van der Waals surface area contributed by atoms with Gasteiger partial charge in [-0.15, -0.1) is 0 Å². The number of carboxylic acids is 1. The van der Waals surface area contributed by atoms with E-state index in [1.165, 1.54) is 25.7 Å². The van der Waals surface area contributed by atoms with Gasteiger partial charge in [0.1, 0.15) is 0 Å². The van der Waals surface area contributed by atoms with Crippen LogP contribution in [0.3, 0.4) is 0 Å². The Labute approximate surface area is 160 Å². The molecule has 0 aliphatic heterocycles. The highest BCUT2D eigenvalue weighted by molar-refractivity contribution is 5.70. The molecule has 0 heterocycles. The van der Waals surface area contributed by atoms with E-state index >= 15 is 0 Å². The van der Waals surface area contributed by atoms with Crippen LogP contribution < -0.4 is 0 Å². The molecular formula is C21H34F4O2. The maximum absolute atomic E-state index is 14.6. The molecular weight excluding hydrogens is 360 g/mol. The van der Waals surface area contributed by atoms with Gasteiger partial charge >= 0.3 is 17.8 Å². The van der Waals surface area contributed by atoms with Gasteiger partial charge in [0.2, 0.25) is 0 Å². The first kappa shape index (κ1) is 22.5. The third-order valence-corrected chi connectivity index (χ3v) is 7.02. The Balaban J connectivity index is 2.06. The fourth-order valence-electron chi connectivity index (χ4n) is 5.31. The molecule has 2 aliphatic rings. The first-order chi connectivity index (χ1) is 12.6. The topological polar surface area (TPSA) is 37.3 Å². The van der Waals surface area contributed by atoms with Crippen molar-refractivity contribution < 1.29 is 27.5 Å². The van der Waals surface area contributed by atoms with Crippen molar-refractivity contribution in [3.8, 4) is 0 Å². The maximum Gasteiger partial charge on any atom is 0.312 e. The smallest absolute Gasteiger partial charge is 0.312 e. The molecule has 158 valence electrons. The lowest BCUT2D eigenvalue weighted by Gasteiger charge is -2.45. The molecule has 0 saturated heterocycles. The summed E-state index contributed by atoms with van der Waals surface area (Å²) in [5, 5.41) is 9.23. The summed E-state index contributed by atoms with van der Waals surface area (Å²) < 4.78 is 56.6. The van der Waals surface area contributed by atoms with Crippen LogP contribution >= 0.6 is 0 Å². The normalized spacial score (nSPS) is 33.0. The summed E-state index contributed by atoms with van der Waals surface area (Å²) in [4.78, 5) is 11.3. The van der Waals surface area contributed by atoms with Crippen LogP contribution in [-0.4, -0.2) is 22.9 Å². The van der Waals surface area contributed by atoms with Crippen molar-refractivity contribution in [3.05, 3.63) is 0 Å². The van der Waals surface area contributed by atoms with Gasteiger partial charge in [-0.1, -0.05) is 45.4 Å². The number of hydrogen-bond acceptors (Lipinski definition) is 1. The van der Waals surface area contributed by atoms with Crippen LogP contribution in [0, 0.1) is 29.6 Å². The van der Waals surface area contributed by atoms with Crippen molar-refractivity contribution >= 4 is 5.97 Å². The van der Waals surface area contributed by atoms with E-state index in [1.807, 2.05) is 0 Å². The molecule has 0 amide bonds. The highest BCUT2D eigenvalue weighted by Gasteiger charge is 2.61. The third kappa shape index (κ3) is 5.38. The SMILES string of the molecule is CCCCCC1CCC([C@H]2CCC(C(=O)O)C[C@@H]2C(F)(F)C(C)(F)F)CC1. The Morgan fingerprint density at radius 3 is 2.15 bits per heavy atom. The van der Waals surface area contributed by atoms with E-state index in [4.69, 9.17) is 0 Å². The molecule has 3 atom stereocenters. The van der Waals surface area contributed by atoms with Crippen LogP contribution in [0.4, 0.5) is 17.6 Å². The Morgan fingerprint density at radius 1 is 1.00 bits per heavy atom. The summed E-state index contributed by atoms with van der Waals surface area (Å²) in [6, 6.07) is 0. The summed E-state index contributed by atoms with van der Waals surface area (Å²) >= 11 is 0. The quantitative estimate of drug-likeness (QED) is 0.364. The molecule has 6 heteroatoms. The number of alkyl halides is 4. The van der Waals surface area contributed by atoms with Crippen molar-refractivity contribution in [1.82, 2.24) is 0 Å². The molecule has 0 aromatic carbocycles. The zero-order valence-corrected chi connectivity index (χ0v) is 16.5. The van der Waals surface area contributed by atoms with Crippen LogP contribution in [0.1, 0.15) is 84.5 Å². The molecule has 2 nitrogen and oxygen atoms in total. The van der Waals surface area contributed by atoms with E-state index in [0.29, 0.717) is 18.8 Å². The summed E-state index contributed by atoms with van der Waals surface area (Å²) in [5.41, 5.74) is 0. The molecule has 27 heavy (non-hydrogen) atoms. The van der Waals surface area contributed by atoms with E-state index in [9.17, 15) is 27.5 Å². The average molecular weight is 394 g/mol. The fraction of sp³-hybridized carbons (Fsp3) is 0.952. The molecule has 2 saturated carbocycles. The second kappa shape index (κ2) is 9.13. The number of carboxylic acid groups (broad SMARTS) is 1. The van der Waals surface area contributed by atoms with E-state index in [-0.39, 0.29) is 19.3 Å². The van der Waals surface area contributed by atoms with Gasteiger partial charge in [-0.3, -0.25) is 4.79 Å². The average Bonchev–Trinajstić information content (AvgIpc) is 2.61. The molecule has 2 rings (SSSR count). The monoisotopic (exact) mass is 394 g/mol. The Bertz CT molecular complexity index is 481. The van der Waals surface area contributed by atoms with Crippen LogP contribution in [0.15, 0.2) is 0 Å². The Kier molecular flexibility index (Phi) is 7.60.